The van der Waals surface area contributed by atoms with Crippen molar-refractivity contribution in [1.29, 1.82) is 0 Å². The number of aryl methyl sites for hydroxylation is 1. The van der Waals surface area contributed by atoms with Gasteiger partial charge in [0.1, 0.15) is 11.5 Å². The Hall–Kier alpha value is -1.31. The van der Waals surface area contributed by atoms with Crippen LogP contribution in [0.4, 0.5) is 0 Å². The highest BCUT2D eigenvalue weighted by molar-refractivity contribution is 5.87. The monoisotopic (exact) mass is 284 g/mol. The first-order valence-corrected chi connectivity index (χ1v) is 8.37. The van der Waals surface area contributed by atoms with Crippen LogP contribution in [0.5, 0.6) is 5.75 Å². The zero-order valence-corrected chi connectivity index (χ0v) is 13.0. The summed E-state index contributed by atoms with van der Waals surface area (Å²) in [7, 11) is 0. The van der Waals surface area contributed by atoms with Gasteiger partial charge in [-0.25, -0.2) is 0 Å². The van der Waals surface area contributed by atoms with E-state index in [1.165, 1.54) is 23.1 Å². The molecule has 112 valence electrons. The average molecular weight is 284 g/mol. The fraction of sp³-hybridized carbons (Fsp3) is 0.632. The number of phenolic OH excluding ortho intramolecular Hbond substituents is 1. The van der Waals surface area contributed by atoms with Gasteiger partial charge < -0.3 is 5.11 Å². The molecule has 21 heavy (non-hydrogen) atoms. The van der Waals surface area contributed by atoms with E-state index in [1.54, 1.807) is 0 Å². The Kier molecular flexibility index (Phi) is 2.76. The van der Waals surface area contributed by atoms with E-state index >= 15 is 0 Å². The van der Waals surface area contributed by atoms with Crippen LogP contribution >= 0.6 is 0 Å². The smallest absolute Gasteiger partial charge is 0.139 e. The van der Waals surface area contributed by atoms with Crippen LogP contribution in [0.2, 0.25) is 0 Å². The van der Waals surface area contributed by atoms with Crippen LogP contribution in [0, 0.1) is 24.2 Å². The molecule has 1 N–H and O–H groups in total. The molecule has 0 radical (unpaired) electrons. The van der Waals surface area contributed by atoms with Crippen LogP contribution in [-0.2, 0) is 11.2 Å². The number of fused-ring (bicyclic) bond motifs is 5. The standard InChI is InChI=1S/C19H24O2/c1-11-3-7-16(20)18-12(11)4-5-13-14(18)9-10-19(2)15(13)6-8-17(19)21/h3,7,13-15,20H,4-6,8-10H2,1-2H3/t13-,14-,15+,19+/m0/s1. The summed E-state index contributed by atoms with van der Waals surface area (Å²) in [6.07, 6.45) is 6.17. The van der Waals surface area contributed by atoms with E-state index in [2.05, 4.69) is 13.8 Å². The van der Waals surface area contributed by atoms with Gasteiger partial charge in [0.15, 0.2) is 0 Å². The second-order valence-electron chi connectivity index (χ2n) is 7.63. The third kappa shape index (κ3) is 1.68. The number of phenols is 1. The molecule has 4 rings (SSSR count). The molecule has 2 heteroatoms. The van der Waals surface area contributed by atoms with Crippen molar-refractivity contribution in [2.24, 2.45) is 17.3 Å². The Labute approximate surface area is 126 Å². The molecule has 2 nitrogen and oxygen atoms in total. The molecule has 0 heterocycles. The molecule has 0 saturated heterocycles. The molecule has 2 saturated carbocycles. The average Bonchev–Trinajstić information content (AvgIpc) is 2.78. The van der Waals surface area contributed by atoms with Gasteiger partial charge in [-0.05, 0) is 74.0 Å². The number of Topliss-reactive ketones (excluding diaryl/α,β-unsaturated/α-hetero) is 1. The van der Waals surface area contributed by atoms with Crippen molar-refractivity contribution in [1.82, 2.24) is 0 Å². The summed E-state index contributed by atoms with van der Waals surface area (Å²) in [5, 5.41) is 10.4. The number of benzene rings is 1. The number of ketones is 1. The first kappa shape index (κ1) is 13.4. The molecular weight excluding hydrogens is 260 g/mol. The van der Waals surface area contributed by atoms with Crippen LogP contribution in [0.3, 0.4) is 0 Å². The predicted octanol–water partition coefficient (Wildman–Crippen LogP) is 4.13. The molecule has 0 bridgehead atoms. The van der Waals surface area contributed by atoms with Crippen LogP contribution < -0.4 is 0 Å². The van der Waals surface area contributed by atoms with E-state index < -0.39 is 0 Å². The number of hydrogen-bond donors (Lipinski definition) is 1. The number of carbonyl (C=O) groups is 1. The Morgan fingerprint density at radius 2 is 2.00 bits per heavy atom. The SMILES string of the molecule is Cc1ccc(O)c2c1CC[C@H]1[C@@H]2CC[C@@]2(C)C(=O)CC[C@H]12. The van der Waals surface area contributed by atoms with Gasteiger partial charge in [-0.3, -0.25) is 4.79 Å². The fourth-order valence-corrected chi connectivity index (χ4v) is 5.64. The summed E-state index contributed by atoms with van der Waals surface area (Å²) >= 11 is 0. The number of carbonyl (C=O) groups excluding carboxylic acids is 1. The Morgan fingerprint density at radius 3 is 2.81 bits per heavy atom. The number of rotatable bonds is 0. The lowest BCUT2D eigenvalue weighted by Crippen LogP contribution is -2.42. The molecular formula is C19H24O2. The quantitative estimate of drug-likeness (QED) is 0.778. The van der Waals surface area contributed by atoms with Crippen molar-refractivity contribution in [3.63, 3.8) is 0 Å². The molecule has 0 aromatic heterocycles. The lowest BCUT2D eigenvalue weighted by atomic mass is 9.55. The second kappa shape index (κ2) is 4.34. The largest absolute Gasteiger partial charge is 0.508 e. The predicted molar refractivity (Wildman–Crippen MR) is 82.5 cm³/mol. The van der Waals surface area contributed by atoms with Crippen LogP contribution in [0.15, 0.2) is 12.1 Å². The van der Waals surface area contributed by atoms with Gasteiger partial charge in [0.25, 0.3) is 0 Å². The molecule has 2 fully saturated rings. The second-order valence-corrected chi connectivity index (χ2v) is 7.63. The minimum absolute atomic E-state index is 0.0713. The third-order valence-electron chi connectivity index (χ3n) is 6.81. The zero-order chi connectivity index (χ0) is 14.8. The highest BCUT2D eigenvalue weighted by Gasteiger charge is 2.54. The zero-order valence-electron chi connectivity index (χ0n) is 13.0. The van der Waals surface area contributed by atoms with Gasteiger partial charge in [0.05, 0.1) is 0 Å². The first-order chi connectivity index (χ1) is 10.0. The molecule has 0 unspecified atom stereocenters. The van der Waals surface area contributed by atoms with Crippen molar-refractivity contribution in [2.75, 3.05) is 0 Å². The van der Waals surface area contributed by atoms with Gasteiger partial charge in [-0.15, -0.1) is 0 Å². The first-order valence-electron chi connectivity index (χ1n) is 8.37. The van der Waals surface area contributed by atoms with Gasteiger partial charge in [0, 0.05) is 17.4 Å². The van der Waals surface area contributed by atoms with Crippen LogP contribution in [0.25, 0.3) is 0 Å². The van der Waals surface area contributed by atoms with E-state index in [4.69, 9.17) is 0 Å². The van der Waals surface area contributed by atoms with E-state index in [0.717, 1.165) is 32.1 Å². The summed E-state index contributed by atoms with van der Waals surface area (Å²) in [5.74, 6) is 2.58. The van der Waals surface area contributed by atoms with Crippen molar-refractivity contribution in [2.45, 2.75) is 58.3 Å². The van der Waals surface area contributed by atoms with Crippen LogP contribution in [-0.4, -0.2) is 10.9 Å². The highest BCUT2D eigenvalue weighted by Crippen LogP contribution is 2.60. The van der Waals surface area contributed by atoms with E-state index in [9.17, 15) is 9.90 Å². The minimum atomic E-state index is -0.0713. The van der Waals surface area contributed by atoms with E-state index in [1.807, 2.05) is 12.1 Å². The minimum Gasteiger partial charge on any atom is -0.508 e. The third-order valence-corrected chi connectivity index (χ3v) is 6.81. The summed E-state index contributed by atoms with van der Waals surface area (Å²) < 4.78 is 0. The molecule has 1 aromatic carbocycles. The summed E-state index contributed by atoms with van der Waals surface area (Å²) in [4.78, 5) is 12.3. The van der Waals surface area contributed by atoms with Gasteiger partial charge in [0.2, 0.25) is 0 Å². The summed E-state index contributed by atoms with van der Waals surface area (Å²) in [5.41, 5.74) is 3.84. The number of aromatic hydroxyl groups is 1. The van der Waals surface area contributed by atoms with Gasteiger partial charge in [-0.2, -0.15) is 0 Å². The van der Waals surface area contributed by atoms with Crippen molar-refractivity contribution in [3.8, 4) is 5.75 Å². The normalized spacial score (nSPS) is 37.8. The van der Waals surface area contributed by atoms with E-state index in [0.29, 0.717) is 29.3 Å². The van der Waals surface area contributed by atoms with E-state index in [-0.39, 0.29) is 5.41 Å². The molecule has 0 aliphatic heterocycles. The lowest BCUT2D eigenvalue weighted by molar-refractivity contribution is -0.129. The maximum atomic E-state index is 12.3. The maximum absolute atomic E-state index is 12.3. The van der Waals surface area contributed by atoms with Crippen molar-refractivity contribution in [3.05, 3.63) is 28.8 Å². The molecule has 0 spiro atoms. The topological polar surface area (TPSA) is 37.3 Å². The molecule has 4 atom stereocenters. The lowest BCUT2D eigenvalue weighted by Gasteiger charge is -2.48. The van der Waals surface area contributed by atoms with Crippen molar-refractivity contribution < 1.29 is 9.90 Å². The molecule has 0 amide bonds. The highest BCUT2D eigenvalue weighted by atomic mass is 16.3. The van der Waals surface area contributed by atoms with Crippen LogP contribution in [0.1, 0.15) is 61.6 Å². The Bertz CT molecular complexity index is 618. The molecule has 3 aliphatic carbocycles. The van der Waals surface area contributed by atoms with Gasteiger partial charge in [-0.1, -0.05) is 13.0 Å². The van der Waals surface area contributed by atoms with Crippen molar-refractivity contribution >= 4 is 5.78 Å². The molecule has 1 aromatic rings. The number of hydrogen-bond acceptors (Lipinski definition) is 2. The summed E-state index contributed by atoms with van der Waals surface area (Å²) in [6.45, 7) is 4.36. The molecule has 3 aliphatic rings. The maximum Gasteiger partial charge on any atom is 0.139 e. The summed E-state index contributed by atoms with van der Waals surface area (Å²) in [6, 6.07) is 3.91. The fourth-order valence-electron chi connectivity index (χ4n) is 5.64. The van der Waals surface area contributed by atoms with Gasteiger partial charge >= 0.3 is 0 Å². The Morgan fingerprint density at radius 1 is 1.19 bits per heavy atom. The Balaban J connectivity index is 1.79.